The van der Waals surface area contributed by atoms with E-state index in [2.05, 4.69) is 5.32 Å². The van der Waals surface area contributed by atoms with Crippen molar-refractivity contribution < 1.29 is 28.3 Å². The average Bonchev–Trinajstić information content (AvgIpc) is 2.54. The second-order valence-corrected chi connectivity index (χ2v) is 5.42. The second-order valence-electron chi connectivity index (χ2n) is 5.42. The van der Waals surface area contributed by atoms with Gasteiger partial charge in [-0.3, -0.25) is 9.59 Å². The van der Waals surface area contributed by atoms with E-state index >= 15 is 0 Å². The van der Waals surface area contributed by atoms with Gasteiger partial charge in [0.1, 0.15) is 5.92 Å². The number of carbonyl (C=O) groups is 3. The van der Waals surface area contributed by atoms with E-state index in [1.165, 1.54) is 24.3 Å². The molecule has 1 aliphatic rings. The Morgan fingerprint density at radius 2 is 1.83 bits per heavy atom. The number of Topliss-reactive ketones (excluding diaryl/α,β-unsaturated/α-hetero) is 1. The van der Waals surface area contributed by atoms with E-state index in [0.717, 1.165) is 12.1 Å². The first kappa shape index (κ1) is 15.8. The predicted molar refractivity (Wildman–Crippen MR) is 79.9 cm³/mol. The van der Waals surface area contributed by atoms with Crippen LogP contribution in [-0.4, -0.2) is 22.8 Å². The smallest absolute Gasteiger partial charge is 0.335 e. The van der Waals surface area contributed by atoms with Crippen molar-refractivity contribution in [3.05, 3.63) is 64.7 Å². The number of aromatic carboxylic acids is 1. The first-order chi connectivity index (χ1) is 11.4. The predicted octanol–water partition coefficient (Wildman–Crippen LogP) is 2.66. The molecule has 0 saturated carbocycles. The third kappa shape index (κ3) is 2.76. The van der Waals surface area contributed by atoms with Gasteiger partial charge in [0.05, 0.1) is 11.3 Å². The molecule has 2 N–H and O–H groups in total. The molecular formula is C17H11F2NO4. The number of anilines is 1. The van der Waals surface area contributed by atoms with Crippen LogP contribution in [0, 0.1) is 17.6 Å². The normalized spacial score (nSPS) is 16.5. The molecule has 1 atom stereocenters. The number of amides is 1. The van der Waals surface area contributed by atoms with Gasteiger partial charge in [-0.05, 0) is 42.3 Å². The number of nitrogens with one attached hydrogen (secondary N) is 1. The summed E-state index contributed by atoms with van der Waals surface area (Å²) in [5.74, 6) is -5.53. The molecule has 0 saturated heterocycles. The van der Waals surface area contributed by atoms with Gasteiger partial charge >= 0.3 is 5.97 Å². The van der Waals surface area contributed by atoms with Gasteiger partial charge in [-0.15, -0.1) is 0 Å². The largest absolute Gasteiger partial charge is 0.478 e. The average molecular weight is 331 g/mol. The van der Waals surface area contributed by atoms with Gasteiger partial charge in [-0.2, -0.15) is 0 Å². The minimum Gasteiger partial charge on any atom is -0.478 e. The van der Waals surface area contributed by atoms with Crippen LogP contribution in [0.1, 0.15) is 26.3 Å². The highest BCUT2D eigenvalue weighted by molar-refractivity contribution is 6.21. The molecule has 1 unspecified atom stereocenters. The number of halogens is 2. The highest BCUT2D eigenvalue weighted by Gasteiger charge is 2.34. The molecule has 3 rings (SSSR count). The van der Waals surface area contributed by atoms with Crippen molar-refractivity contribution in [1.82, 2.24) is 0 Å². The summed E-state index contributed by atoms with van der Waals surface area (Å²) in [6.07, 6.45) is -0.112. The first-order valence-corrected chi connectivity index (χ1v) is 7.03. The maximum Gasteiger partial charge on any atom is 0.335 e. The number of hydrogen-bond acceptors (Lipinski definition) is 3. The molecular weight excluding hydrogens is 320 g/mol. The fraction of sp³-hybridized carbons (Fsp3) is 0.118. The van der Waals surface area contributed by atoms with Crippen LogP contribution in [0.25, 0.3) is 0 Å². The molecule has 0 spiro atoms. The second kappa shape index (κ2) is 5.84. The quantitative estimate of drug-likeness (QED) is 0.847. The van der Waals surface area contributed by atoms with E-state index < -0.39 is 35.2 Å². The summed E-state index contributed by atoms with van der Waals surface area (Å²) in [6.45, 7) is 0. The van der Waals surface area contributed by atoms with Crippen LogP contribution in [-0.2, 0) is 11.2 Å². The molecule has 2 aromatic rings. The Labute approximate surface area is 134 Å². The Morgan fingerprint density at radius 1 is 1.08 bits per heavy atom. The van der Waals surface area contributed by atoms with Crippen LogP contribution in [0.3, 0.4) is 0 Å². The molecule has 0 radical (unpaired) electrons. The fourth-order valence-corrected chi connectivity index (χ4v) is 2.60. The highest BCUT2D eigenvalue weighted by Crippen LogP contribution is 2.29. The number of fused-ring (bicyclic) bond motifs is 1. The minimum atomic E-state index is -1.19. The summed E-state index contributed by atoms with van der Waals surface area (Å²) < 4.78 is 26.3. The van der Waals surface area contributed by atoms with Crippen molar-refractivity contribution in [1.29, 1.82) is 0 Å². The molecule has 1 amide bonds. The molecule has 0 fully saturated rings. The van der Waals surface area contributed by atoms with E-state index in [1.54, 1.807) is 0 Å². The van der Waals surface area contributed by atoms with Crippen molar-refractivity contribution in [2.45, 2.75) is 6.42 Å². The van der Waals surface area contributed by atoms with Gasteiger partial charge in [0, 0.05) is 5.56 Å². The van der Waals surface area contributed by atoms with Crippen molar-refractivity contribution >= 4 is 23.3 Å². The van der Waals surface area contributed by atoms with Crippen LogP contribution in [0.5, 0.6) is 0 Å². The molecule has 0 aliphatic carbocycles. The van der Waals surface area contributed by atoms with E-state index in [-0.39, 0.29) is 23.2 Å². The van der Waals surface area contributed by atoms with Gasteiger partial charge < -0.3 is 10.4 Å². The van der Waals surface area contributed by atoms with E-state index in [9.17, 15) is 23.2 Å². The maximum atomic E-state index is 13.3. The van der Waals surface area contributed by atoms with E-state index in [0.29, 0.717) is 5.56 Å². The Hall–Kier alpha value is -3.09. The number of carbonyl (C=O) groups excluding carboxylic acids is 2. The molecule has 2 aromatic carbocycles. The fourth-order valence-electron chi connectivity index (χ4n) is 2.60. The van der Waals surface area contributed by atoms with Crippen molar-refractivity contribution in [3.8, 4) is 0 Å². The lowest BCUT2D eigenvalue weighted by molar-refractivity contribution is -0.118. The summed E-state index contributed by atoms with van der Waals surface area (Å²) in [5.41, 5.74) is 0.531. The van der Waals surface area contributed by atoms with Crippen molar-refractivity contribution in [2.24, 2.45) is 5.92 Å². The standard InChI is InChI=1S/C17H11F2NO4/c18-12-3-1-8(6-13(12)19)5-11-15(21)10-7-9(17(23)24)2-4-14(10)20-16(11)22/h1-4,6-7,11H,5H2,(H,20,22)(H,23,24). The van der Waals surface area contributed by atoms with Gasteiger partial charge in [0.15, 0.2) is 17.4 Å². The van der Waals surface area contributed by atoms with Crippen molar-refractivity contribution in [2.75, 3.05) is 5.32 Å². The molecule has 5 nitrogen and oxygen atoms in total. The highest BCUT2D eigenvalue weighted by atomic mass is 19.2. The Morgan fingerprint density at radius 3 is 2.50 bits per heavy atom. The molecule has 0 bridgehead atoms. The summed E-state index contributed by atoms with van der Waals surface area (Å²) in [7, 11) is 0. The Kier molecular flexibility index (Phi) is 3.84. The zero-order valence-corrected chi connectivity index (χ0v) is 12.2. The zero-order valence-electron chi connectivity index (χ0n) is 12.2. The van der Waals surface area contributed by atoms with Crippen LogP contribution in [0.2, 0.25) is 0 Å². The molecule has 24 heavy (non-hydrogen) atoms. The molecule has 1 heterocycles. The van der Waals surface area contributed by atoms with Crippen LogP contribution >= 0.6 is 0 Å². The number of rotatable bonds is 3. The zero-order chi connectivity index (χ0) is 17.4. The summed E-state index contributed by atoms with van der Waals surface area (Å²) >= 11 is 0. The number of hydrogen-bond donors (Lipinski definition) is 2. The molecule has 7 heteroatoms. The van der Waals surface area contributed by atoms with Gasteiger partial charge in [0.25, 0.3) is 0 Å². The lowest BCUT2D eigenvalue weighted by Crippen LogP contribution is -2.36. The Balaban J connectivity index is 1.94. The Bertz CT molecular complexity index is 879. The van der Waals surface area contributed by atoms with Crippen LogP contribution < -0.4 is 5.32 Å². The third-order valence-electron chi connectivity index (χ3n) is 3.85. The molecule has 1 aliphatic heterocycles. The topological polar surface area (TPSA) is 83.5 Å². The summed E-state index contributed by atoms with van der Waals surface area (Å²) in [4.78, 5) is 35.7. The number of carboxylic acid groups (broad SMARTS) is 1. The number of benzene rings is 2. The van der Waals surface area contributed by atoms with Gasteiger partial charge in [-0.25, -0.2) is 13.6 Å². The van der Waals surface area contributed by atoms with E-state index in [4.69, 9.17) is 5.11 Å². The lowest BCUT2D eigenvalue weighted by atomic mass is 9.86. The minimum absolute atomic E-state index is 0.0789. The van der Waals surface area contributed by atoms with Crippen LogP contribution in [0.15, 0.2) is 36.4 Å². The monoisotopic (exact) mass is 331 g/mol. The first-order valence-electron chi connectivity index (χ1n) is 7.03. The number of carboxylic acids is 1. The van der Waals surface area contributed by atoms with Gasteiger partial charge in [-0.1, -0.05) is 6.07 Å². The molecule has 0 aromatic heterocycles. The summed E-state index contributed by atoms with van der Waals surface area (Å²) in [5, 5.41) is 11.5. The van der Waals surface area contributed by atoms with E-state index in [1.807, 2.05) is 0 Å². The number of ketones is 1. The van der Waals surface area contributed by atoms with Crippen LogP contribution in [0.4, 0.5) is 14.5 Å². The maximum absolute atomic E-state index is 13.3. The third-order valence-corrected chi connectivity index (χ3v) is 3.85. The van der Waals surface area contributed by atoms with Gasteiger partial charge in [0.2, 0.25) is 5.91 Å². The SMILES string of the molecule is O=C(O)c1ccc2c(c1)C(=O)C(Cc1ccc(F)c(F)c1)C(=O)N2. The molecule has 122 valence electrons. The lowest BCUT2D eigenvalue weighted by Gasteiger charge is -2.23. The van der Waals surface area contributed by atoms with Crippen molar-refractivity contribution in [3.63, 3.8) is 0 Å². The summed E-state index contributed by atoms with van der Waals surface area (Å²) in [6, 6.07) is 6.97.